The number of hydrogen-bond acceptors (Lipinski definition) is 1. The zero-order valence-corrected chi connectivity index (χ0v) is 12.4. The van der Waals surface area contributed by atoms with Gasteiger partial charge < -0.3 is 4.90 Å². The summed E-state index contributed by atoms with van der Waals surface area (Å²) in [5.41, 5.74) is 4.38. The Balaban J connectivity index is 2.91. The summed E-state index contributed by atoms with van der Waals surface area (Å²) in [6.07, 6.45) is 0. The Labute approximate surface area is 111 Å². The molecular formula is C15H24ClN. The summed E-state index contributed by atoms with van der Waals surface area (Å²) in [6, 6.07) is 6.80. The van der Waals surface area contributed by atoms with Crippen LogP contribution in [0.3, 0.4) is 0 Å². The quantitative estimate of drug-likeness (QED) is 0.734. The molecule has 0 aromatic heterocycles. The molecule has 0 N–H and O–H groups in total. The van der Waals surface area contributed by atoms with Crippen LogP contribution in [0.25, 0.3) is 0 Å². The molecule has 0 atom stereocenters. The van der Waals surface area contributed by atoms with E-state index in [9.17, 15) is 0 Å². The maximum atomic E-state index is 5.76. The fraction of sp³-hybridized carbons (Fsp3) is 0.600. The zero-order chi connectivity index (χ0) is 13.1. The second-order valence-electron chi connectivity index (χ2n) is 5.82. The lowest BCUT2D eigenvalue weighted by atomic mass is 9.85. The molecule has 0 unspecified atom stereocenters. The van der Waals surface area contributed by atoms with Gasteiger partial charge in [0.05, 0.1) is 0 Å². The Kier molecular flexibility index (Phi) is 5.03. The number of nitrogens with zero attached hydrogens (tertiary/aromatic N) is 1. The van der Waals surface area contributed by atoms with Crippen LogP contribution in [0, 0.1) is 6.92 Å². The van der Waals surface area contributed by atoms with Crippen molar-refractivity contribution in [3.05, 3.63) is 34.9 Å². The fourth-order valence-corrected chi connectivity index (χ4v) is 2.11. The normalized spacial score (nSPS) is 12.2. The van der Waals surface area contributed by atoms with E-state index in [1.807, 2.05) is 0 Å². The minimum atomic E-state index is 0.216. The molecule has 0 aliphatic rings. The monoisotopic (exact) mass is 253 g/mol. The van der Waals surface area contributed by atoms with Gasteiger partial charge in [-0.1, -0.05) is 39.0 Å². The number of rotatable bonds is 4. The Morgan fingerprint density at radius 3 is 2.41 bits per heavy atom. The Morgan fingerprint density at radius 1 is 1.24 bits per heavy atom. The SMILES string of the molecule is Cc1ccc(C(C)(C)C)cc1CN(C)CCCl. The first-order valence-corrected chi connectivity index (χ1v) is 6.72. The smallest absolute Gasteiger partial charge is 0.0351 e. The maximum Gasteiger partial charge on any atom is 0.0351 e. The average Bonchev–Trinajstić information content (AvgIpc) is 2.20. The molecule has 1 nitrogen and oxygen atoms in total. The number of benzene rings is 1. The van der Waals surface area contributed by atoms with Gasteiger partial charge >= 0.3 is 0 Å². The molecule has 0 amide bonds. The molecule has 0 radical (unpaired) electrons. The van der Waals surface area contributed by atoms with Gasteiger partial charge in [-0.05, 0) is 36.1 Å². The molecule has 0 bridgehead atoms. The van der Waals surface area contributed by atoms with Crippen LogP contribution in [-0.4, -0.2) is 24.4 Å². The van der Waals surface area contributed by atoms with Crippen molar-refractivity contribution in [1.82, 2.24) is 4.90 Å². The predicted molar refractivity (Wildman–Crippen MR) is 76.9 cm³/mol. The predicted octanol–water partition coefficient (Wildman–Crippen LogP) is 3.96. The minimum Gasteiger partial charge on any atom is -0.301 e. The molecule has 1 aromatic rings. The van der Waals surface area contributed by atoms with E-state index >= 15 is 0 Å². The summed E-state index contributed by atoms with van der Waals surface area (Å²) in [5.74, 6) is 0.689. The van der Waals surface area contributed by atoms with Crippen LogP contribution < -0.4 is 0 Å². The van der Waals surface area contributed by atoms with Gasteiger partial charge in [-0.2, -0.15) is 0 Å². The first-order valence-electron chi connectivity index (χ1n) is 6.19. The standard InChI is InChI=1S/C15H24ClN/c1-12-6-7-14(15(2,3)4)10-13(12)11-17(5)9-8-16/h6-7,10H,8-9,11H2,1-5H3. The first kappa shape index (κ1) is 14.5. The minimum absolute atomic E-state index is 0.216. The molecule has 0 spiro atoms. The largest absolute Gasteiger partial charge is 0.301 e. The molecule has 0 saturated heterocycles. The third kappa shape index (κ3) is 4.33. The van der Waals surface area contributed by atoms with Gasteiger partial charge in [0.15, 0.2) is 0 Å². The van der Waals surface area contributed by atoms with Gasteiger partial charge in [-0.15, -0.1) is 11.6 Å². The van der Waals surface area contributed by atoms with E-state index in [1.54, 1.807) is 0 Å². The van der Waals surface area contributed by atoms with Gasteiger partial charge in [-0.25, -0.2) is 0 Å². The van der Waals surface area contributed by atoms with Gasteiger partial charge in [0.1, 0.15) is 0 Å². The van der Waals surface area contributed by atoms with Crippen molar-refractivity contribution >= 4 is 11.6 Å². The second-order valence-corrected chi connectivity index (χ2v) is 6.20. The molecule has 2 heteroatoms. The molecule has 1 aromatic carbocycles. The number of alkyl halides is 1. The van der Waals surface area contributed by atoms with Crippen molar-refractivity contribution in [3.8, 4) is 0 Å². The van der Waals surface area contributed by atoms with Crippen LogP contribution in [0.2, 0.25) is 0 Å². The second kappa shape index (κ2) is 5.88. The Morgan fingerprint density at radius 2 is 1.88 bits per heavy atom. The van der Waals surface area contributed by atoms with E-state index in [-0.39, 0.29) is 5.41 Å². The van der Waals surface area contributed by atoms with E-state index in [1.165, 1.54) is 16.7 Å². The number of halogens is 1. The maximum absolute atomic E-state index is 5.76. The highest BCUT2D eigenvalue weighted by Crippen LogP contribution is 2.24. The third-order valence-electron chi connectivity index (χ3n) is 3.12. The van der Waals surface area contributed by atoms with Crippen molar-refractivity contribution in [3.63, 3.8) is 0 Å². The lowest BCUT2D eigenvalue weighted by Crippen LogP contribution is -2.21. The van der Waals surface area contributed by atoms with E-state index in [0.29, 0.717) is 5.88 Å². The van der Waals surface area contributed by atoms with Crippen molar-refractivity contribution in [2.24, 2.45) is 0 Å². The fourth-order valence-electron chi connectivity index (χ4n) is 1.82. The molecule has 0 heterocycles. The van der Waals surface area contributed by atoms with Crippen LogP contribution in [0.5, 0.6) is 0 Å². The van der Waals surface area contributed by atoms with Gasteiger partial charge in [-0.3, -0.25) is 0 Å². The van der Waals surface area contributed by atoms with E-state index < -0.39 is 0 Å². The Bertz CT molecular complexity index is 366. The summed E-state index contributed by atoms with van der Waals surface area (Å²) < 4.78 is 0. The summed E-state index contributed by atoms with van der Waals surface area (Å²) in [7, 11) is 2.12. The molecule has 1 rings (SSSR count). The van der Waals surface area contributed by atoms with Crippen LogP contribution in [0.15, 0.2) is 18.2 Å². The topological polar surface area (TPSA) is 3.24 Å². The van der Waals surface area contributed by atoms with Crippen LogP contribution in [0.1, 0.15) is 37.5 Å². The van der Waals surface area contributed by atoms with Crippen molar-refractivity contribution in [1.29, 1.82) is 0 Å². The van der Waals surface area contributed by atoms with E-state index in [4.69, 9.17) is 11.6 Å². The van der Waals surface area contributed by atoms with Crippen LogP contribution in [-0.2, 0) is 12.0 Å². The molecule has 17 heavy (non-hydrogen) atoms. The molecule has 0 saturated carbocycles. The van der Waals surface area contributed by atoms with Crippen LogP contribution in [0.4, 0.5) is 0 Å². The van der Waals surface area contributed by atoms with Crippen LogP contribution >= 0.6 is 11.6 Å². The highest BCUT2D eigenvalue weighted by Gasteiger charge is 2.15. The molecular weight excluding hydrogens is 230 g/mol. The number of hydrogen-bond donors (Lipinski definition) is 0. The third-order valence-corrected chi connectivity index (χ3v) is 3.29. The lowest BCUT2D eigenvalue weighted by molar-refractivity contribution is 0.346. The summed E-state index contributed by atoms with van der Waals surface area (Å²) in [6.45, 7) is 10.8. The van der Waals surface area contributed by atoms with Gasteiger partial charge in [0.2, 0.25) is 0 Å². The summed E-state index contributed by atoms with van der Waals surface area (Å²) >= 11 is 5.76. The van der Waals surface area contributed by atoms with Crippen molar-refractivity contribution < 1.29 is 0 Å². The summed E-state index contributed by atoms with van der Waals surface area (Å²) in [4.78, 5) is 2.27. The van der Waals surface area contributed by atoms with Gasteiger partial charge in [0, 0.05) is 19.0 Å². The highest BCUT2D eigenvalue weighted by molar-refractivity contribution is 6.18. The highest BCUT2D eigenvalue weighted by atomic mass is 35.5. The molecule has 96 valence electrons. The zero-order valence-electron chi connectivity index (χ0n) is 11.7. The lowest BCUT2D eigenvalue weighted by Gasteiger charge is -2.22. The number of aryl methyl sites for hydroxylation is 1. The van der Waals surface area contributed by atoms with Crippen molar-refractivity contribution in [2.45, 2.75) is 39.7 Å². The molecule has 0 fully saturated rings. The van der Waals surface area contributed by atoms with Crippen molar-refractivity contribution in [2.75, 3.05) is 19.5 Å². The average molecular weight is 254 g/mol. The summed E-state index contributed by atoms with van der Waals surface area (Å²) in [5, 5.41) is 0. The Hall–Kier alpha value is -0.530. The van der Waals surface area contributed by atoms with E-state index in [2.05, 4.69) is 57.8 Å². The van der Waals surface area contributed by atoms with E-state index in [0.717, 1.165) is 13.1 Å². The molecule has 0 aliphatic carbocycles. The molecule has 0 aliphatic heterocycles. The first-order chi connectivity index (χ1) is 7.84. The van der Waals surface area contributed by atoms with Gasteiger partial charge in [0.25, 0.3) is 0 Å².